The van der Waals surface area contributed by atoms with E-state index in [-0.39, 0.29) is 0 Å². The molecule has 0 spiro atoms. The predicted molar refractivity (Wildman–Crippen MR) is 89.0 cm³/mol. The Morgan fingerprint density at radius 3 is 2.48 bits per heavy atom. The van der Waals surface area contributed by atoms with Gasteiger partial charge in [0.15, 0.2) is 0 Å². The van der Waals surface area contributed by atoms with Crippen LogP contribution in [-0.4, -0.2) is 9.97 Å². The summed E-state index contributed by atoms with van der Waals surface area (Å²) in [5, 5.41) is 2.46. The maximum Gasteiger partial charge on any atom is 0.0651 e. The van der Waals surface area contributed by atoms with Gasteiger partial charge in [0.05, 0.1) is 17.4 Å². The van der Waals surface area contributed by atoms with E-state index in [1.54, 1.807) is 0 Å². The van der Waals surface area contributed by atoms with Crippen molar-refractivity contribution in [2.75, 3.05) is 0 Å². The van der Waals surface area contributed by atoms with E-state index in [2.05, 4.69) is 58.5 Å². The van der Waals surface area contributed by atoms with Gasteiger partial charge in [-0.05, 0) is 23.8 Å². The topological polar surface area (TPSA) is 28.7 Å². The molecular formula is C19H14N2. The first-order valence-corrected chi connectivity index (χ1v) is 7.00. The van der Waals surface area contributed by atoms with Crippen LogP contribution in [0.1, 0.15) is 11.3 Å². The third-order valence-electron chi connectivity index (χ3n) is 3.66. The van der Waals surface area contributed by atoms with Gasteiger partial charge in [-0.1, -0.05) is 54.6 Å². The van der Waals surface area contributed by atoms with Gasteiger partial charge in [-0.25, -0.2) is 0 Å². The van der Waals surface area contributed by atoms with Crippen molar-refractivity contribution in [3.8, 4) is 0 Å². The second-order valence-corrected chi connectivity index (χ2v) is 5.07. The molecule has 0 saturated heterocycles. The Morgan fingerprint density at radius 1 is 0.762 bits per heavy atom. The number of nitrogens with zero attached hydrogens (tertiary/aromatic N) is 1. The van der Waals surface area contributed by atoms with Gasteiger partial charge in [0.2, 0.25) is 0 Å². The molecule has 0 fully saturated rings. The highest BCUT2D eigenvalue weighted by Gasteiger charge is 2.03. The summed E-state index contributed by atoms with van der Waals surface area (Å²) >= 11 is 0. The van der Waals surface area contributed by atoms with Crippen molar-refractivity contribution in [2.45, 2.75) is 0 Å². The van der Waals surface area contributed by atoms with Crippen LogP contribution in [0.4, 0.5) is 0 Å². The second kappa shape index (κ2) is 4.91. The molecule has 2 heteroatoms. The lowest BCUT2D eigenvalue weighted by molar-refractivity contribution is 1.32. The number of para-hydroxylation sites is 1. The standard InChI is InChI=1S/C19H14N2/c1-2-6-14(7-3-1)10-11-15-12-17-16-8-4-5-9-18(16)21-19(17)13-20-15/h1-13,21H/b11-10+. The van der Waals surface area contributed by atoms with Crippen LogP contribution in [0.25, 0.3) is 34.0 Å². The van der Waals surface area contributed by atoms with Gasteiger partial charge in [-0.15, -0.1) is 0 Å². The van der Waals surface area contributed by atoms with Crippen molar-refractivity contribution >= 4 is 34.0 Å². The maximum atomic E-state index is 4.50. The van der Waals surface area contributed by atoms with Gasteiger partial charge in [0.25, 0.3) is 0 Å². The summed E-state index contributed by atoms with van der Waals surface area (Å²) in [6.45, 7) is 0. The summed E-state index contributed by atoms with van der Waals surface area (Å²) in [5.74, 6) is 0. The molecule has 0 aliphatic rings. The highest BCUT2D eigenvalue weighted by Crippen LogP contribution is 2.25. The monoisotopic (exact) mass is 270 g/mol. The molecule has 0 aliphatic heterocycles. The van der Waals surface area contributed by atoms with E-state index in [0.29, 0.717) is 0 Å². The van der Waals surface area contributed by atoms with Crippen molar-refractivity contribution in [2.24, 2.45) is 0 Å². The minimum atomic E-state index is 0.969. The van der Waals surface area contributed by atoms with E-state index >= 15 is 0 Å². The highest BCUT2D eigenvalue weighted by molar-refractivity contribution is 6.07. The SMILES string of the molecule is C(=C\c1cc2c(cn1)[nH]c1ccccc12)/c1ccccc1. The van der Waals surface area contributed by atoms with E-state index in [4.69, 9.17) is 0 Å². The number of hydrogen-bond donors (Lipinski definition) is 1. The van der Waals surface area contributed by atoms with Crippen LogP contribution >= 0.6 is 0 Å². The summed E-state index contributed by atoms with van der Waals surface area (Å²) in [7, 11) is 0. The molecule has 2 aromatic heterocycles. The van der Waals surface area contributed by atoms with Gasteiger partial charge in [0, 0.05) is 16.3 Å². The smallest absolute Gasteiger partial charge is 0.0651 e. The van der Waals surface area contributed by atoms with Crippen LogP contribution < -0.4 is 0 Å². The molecule has 4 aromatic rings. The van der Waals surface area contributed by atoms with Gasteiger partial charge in [0.1, 0.15) is 0 Å². The second-order valence-electron chi connectivity index (χ2n) is 5.07. The number of nitrogens with one attached hydrogen (secondary N) is 1. The van der Waals surface area contributed by atoms with E-state index in [1.807, 2.05) is 30.5 Å². The molecule has 2 heterocycles. The number of aromatic nitrogens is 2. The minimum Gasteiger partial charge on any atom is -0.353 e. The van der Waals surface area contributed by atoms with Crippen molar-refractivity contribution in [1.82, 2.24) is 9.97 Å². The van der Waals surface area contributed by atoms with Crippen molar-refractivity contribution in [3.63, 3.8) is 0 Å². The molecule has 21 heavy (non-hydrogen) atoms. The summed E-state index contributed by atoms with van der Waals surface area (Å²) in [6.07, 6.45) is 6.04. The minimum absolute atomic E-state index is 0.969. The number of rotatable bonds is 2. The lowest BCUT2D eigenvalue weighted by atomic mass is 10.1. The zero-order chi connectivity index (χ0) is 14.1. The zero-order valence-corrected chi connectivity index (χ0v) is 11.5. The fraction of sp³-hybridized carbons (Fsp3) is 0. The van der Waals surface area contributed by atoms with Crippen LogP contribution in [0.3, 0.4) is 0 Å². The Morgan fingerprint density at radius 2 is 1.57 bits per heavy atom. The predicted octanol–water partition coefficient (Wildman–Crippen LogP) is 4.89. The lowest BCUT2D eigenvalue weighted by Gasteiger charge is -1.95. The molecule has 0 unspecified atom stereocenters. The molecule has 100 valence electrons. The zero-order valence-electron chi connectivity index (χ0n) is 11.5. The molecule has 2 nitrogen and oxygen atoms in total. The normalized spacial score (nSPS) is 11.6. The average molecular weight is 270 g/mol. The Kier molecular flexibility index (Phi) is 2.79. The van der Waals surface area contributed by atoms with Crippen molar-refractivity contribution < 1.29 is 0 Å². The Bertz CT molecular complexity index is 934. The van der Waals surface area contributed by atoms with Crippen LogP contribution in [0.5, 0.6) is 0 Å². The molecule has 1 N–H and O–H groups in total. The average Bonchev–Trinajstić information content (AvgIpc) is 2.92. The van der Waals surface area contributed by atoms with E-state index in [9.17, 15) is 0 Å². The summed E-state index contributed by atoms with van der Waals surface area (Å²) in [5.41, 5.74) is 4.38. The molecule has 0 amide bonds. The summed E-state index contributed by atoms with van der Waals surface area (Å²) < 4.78 is 0. The van der Waals surface area contributed by atoms with Crippen LogP contribution in [-0.2, 0) is 0 Å². The lowest BCUT2D eigenvalue weighted by Crippen LogP contribution is -1.80. The third kappa shape index (κ3) is 2.21. The number of aromatic amines is 1. The maximum absolute atomic E-state index is 4.50. The van der Waals surface area contributed by atoms with Crippen molar-refractivity contribution in [1.29, 1.82) is 0 Å². The van der Waals surface area contributed by atoms with Crippen LogP contribution in [0.2, 0.25) is 0 Å². The van der Waals surface area contributed by atoms with Gasteiger partial charge >= 0.3 is 0 Å². The molecule has 0 radical (unpaired) electrons. The van der Waals surface area contributed by atoms with Gasteiger partial charge in [-0.2, -0.15) is 0 Å². The Hall–Kier alpha value is -2.87. The van der Waals surface area contributed by atoms with E-state index in [0.717, 1.165) is 16.7 Å². The molecule has 0 atom stereocenters. The quantitative estimate of drug-likeness (QED) is 0.552. The molecule has 2 aromatic carbocycles. The third-order valence-corrected chi connectivity index (χ3v) is 3.66. The number of pyridine rings is 1. The first-order valence-electron chi connectivity index (χ1n) is 7.00. The van der Waals surface area contributed by atoms with Gasteiger partial charge < -0.3 is 4.98 Å². The molecule has 0 aliphatic carbocycles. The molecule has 0 bridgehead atoms. The fourth-order valence-electron chi connectivity index (χ4n) is 2.60. The summed E-state index contributed by atoms with van der Waals surface area (Å²) in [4.78, 5) is 7.89. The number of benzene rings is 2. The van der Waals surface area contributed by atoms with E-state index in [1.165, 1.54) is 16.3 Å². The Labute approximate surface area is 122 Å². The number of hydrogen-bond acceptors (Lipinski definition) is 1. The number of H-pyrrole nitrogens is 1. The summed E-state index contributed by atoms with van der Waals surface area (Å²) in [6, 6.07) is 20.7. The van der Waals surface area contributed by atoms with Crippen LogP contribution in [0.15, 0.2) is 66.9 Å². The molecular weight excluding hydrogens is 256 g/mol. The van der Waals surface area contributed by atoms with E-state index < -0.39 is 0 Å². The molecule has 0 saturated carbocycles. The van der Waals surface area contributed by atoms with Gasteiger partial charge in [-0.3, -0.25) is 4.98 Å². The van der Waals surface area contributed by atoms with Crippen molar-refractivity contribution in [3.05, 3.63) is 78.1 Å². The first-order chi connectivity index (χ1) is 10.4. The molecule has 4 rings (SSSR count). The Balaban J connectivity index is 1.80. The first kappa shape index (κ1) is 11.9. The fourth-order valence-corrected chi connectivity index (χ4v) is 2.60. The van der Waals surface area contributed by atoms with Crippen LogP contribution in [0, 0.1) is 0 Å². The number of fused-ring (bicyclic) bond motifs is 3. The highest BCUT2D eigenvalue weighted by atomic mass is 14.8. The largest absolute Gasteiger partial charge is 0.353 e.